The van der Waals surface area contributed by atoms with Crippen LogP contribution in [-0.4, -0.2) is 58.0 Å². The highest BCUT2D eigenvalue weighted by Crippen LogP contribution is 2.57. The van der Waals surface area contributed by atoms with E-state index in [2.05, 4.69) is 11.9 Å². The number of phosphoric ester groups is 1. The average Bonchev–Trinajstić information content (AvgIpc) is 2.97. The molecular weight excluding hydrogens is 473 g/mol. The molecule has 1 unspecified atom stereocenters. The van der Waals surface area contributed by atoms with E-state index in [9.17, 15) is 19.2 Å². The molecule has 3 aliphatic rings. The number of fused-ring (bicyclic) bond motifs is 1. The van der Waals surface area contributed by atoms with Crippen LogP contribution in [0.2, 0.25) is 0 Å². The van der Waals surface area contributed by atoms with Crippen molar-refractivity contribution < 1.29 is 50.7 Å². The molecule has 14 heteroatoms. The summed E-state index contributed by atoms with van der Waals surface area (Å²) >= 11 is 4.70. The third-order valence-corrected chi connectivity index (χ3v) is 6.05. The highest BCUT2D eigenvalue weighted by molar-refractivity contribution is 7.80. The normalized spacial score (nSPS) is 38.6. The van der Waals surface area contributed by atoms with Crippen molar-refractivity contribution in [2.24, 2.45) is 0 Å². The van der Waals surface area contributed by atoms with Crippen LogP contribution in [0.5, 0.6) is 11.5 Å². The van der Waals surface area contributed by atoms with Crippen LogP contribution < -0.4 is 14.6 Å². The van der Waals surface area contributed by atoms with E-state index in [4.69, 9.17) is 39.4 Å². The van der Waals surface area contributed by atoms with E-state index in [-0.39, 0.29) is 17.3 Å². The molecule has 10 nitrogen and oxygen atoms in total. The Morgan fingerprint density at radius 3 is 3.03 bits per heavy atom. The molecule has 5 atom stereocenters. The van der Waals surface area contributed by atoms with Gasteiger partial charge in [-0.25, -0.2) is 13.3 Å². The molecule has 0 radical (unpaired) electrons. The lowest BCUT2D eigenvalue weighted by Crippen LogP contribution is -2.47. The number of halogens is 2. The Balaban J connectivity index is 1.64. The van der Waals surface area contributed by atoms with Crippen molar-refractivity contribution in [1.29, 1.82) is 0 Å². The van der Waals surface area contributed by atoms with Crippen molar-refractivity contribution >= 4 is 25.0 Å². The van der Waals surface area contributed by atoms with Crippen LogP contribution in [0.15, 0.2) is 42.6 Å². The van der Waals surface area contributed by atoms with Gasteiger partial charge in [0.15, 0.2) is 23.5 Å². The molecule has 0 bridgehead atoms. The van der Waals surface area contributed by atoms with Crippen molar-refractivity contribution in [2.45, 2.75) is 30.9 Å². The number of hydrogen-bond donors (Lipinski definition) is 3. The summed E-state index contributed by atoms with van der Waals surface area (Å²) in [6.45, 7) is -0.784. The largest absolute Gasteiger partial charge is 0.530 e. The molecule has 3 heterocycles. The van der Waals surface area contributed by atoms with Gasteiger partial charge in [0.05, 0.1) is 17.8 Å². The first-order chi connectivity index (χ1) is 16.2. The fraction of sp³-hybridized carbons (Fsp3) is 0.389. The molecule has 174 valence electrons. The Kier molecular flexibility index (Phi) is 5.05. The summed E-state index contributed by atoms with van der Waals surface area (Å²) in [4.78, 5) is 0.0359. The van der Waals surface area contributed by atoms with E-state index in [0.717, 1.165) is 0 Å². The Bertz CT molecular complexity index is 1160. The van der Waals surface area contributed by atoms with Crippen molar-refractivity contribution in [3.8, 4) is 11.5 Å². The van der Waals surface area contributed by atoms with Gasteiger partial charge in [-0.3, -0.25) is 9.05 Å². The number of aliphatic hydroxyl groups excluding tert-OH is 2. The molecule has 1 fully saturated rings. The molecule has 0 saturated carbocycles. The number of hydrogen-bond acceptors (Lipinski definition) is 10. The second-order valence-electron chi connectivity index (χ2n) is 6.68. The first-order valence-electron chi connectivity index (χ1n) is 10.4. The van der Waals surface area contributed by atoms with E-state index in [0.29, 0.717) is 16.7 Å². The summed E-state index contributed by atoms with van der Waals surface area (Å²) in [5.41, 5.74) is 0.371. The van der Waals surface area contributed by atoms with Gasteiger partial charge in [0.25, 0.3) is 5.85 Å². The van der Waals surface area contributed by atoms with Gasteiger partial charge >= 0.3 is 7.82 Å². The lowest BCUT2D eigenvalue weighted by Gasteiger charge is -2.34. The maximum Gasteiger partial charge on any atom is 0.530 e. The lowest BCUT2D eigenvalue weighted by molar-refractivity contribution is -0.207. The minimum Gasteiger partial charge on any atom is -0.493 e. The van der Waals surface area contributed by atoms with Gasteiger partial charge in [0.1, 0.15) is 29.6 Å². The Labute approximate surface area is 190 Å². The van der Waals surface area contributed by atoms with Crippen molar-refractivity contribution in [3.05, 3.63) is 48.2 Å². The van der Waals surface area contributed by atoms with Gasteiger partial charge in [-0.05, 0) is 6.07 Å². The molecule has 3 aliphatic heterocycles. The van der Waals surface area contributed by atoms with Crippen LogP contribution in [0, 0.1) is 0 Å². The number of nitrogens with one attached hydrogen (secondary N) is 1. The number of benzene rings is 1. The maximum absolute atomic E-state index is 15.9. The quantitative estimate of drug-likeness (QED) is 0.411. The molecule has 1 aromatic rings. The molecule has 32 heavy (non-hydrogen) atoms. The zero-order chi connectivity index (χ0) is 26.0. The predicted octanol–water partition coefficient (Wildman–Crippen LogP) is 1.99. The second-order valence-corrected chi connectivity index (χ2v) is 8.60. The summed E-state index contributed by atoms with van der Waals surface area (Å²) in [5.74, 6) is -5.50. The van der Waals surface area contributed by atoms with Crippen LogP contribution in [0.4, 0.5) is 8.78 Å². The fourth-order valence-electron chi connectivity index (χ4n) is 2.97. The second kappa shape index (κ2) is 8.34. The number of thiocarbonyl (C=S) groups is 1. The molecule has 3 N–H and O–H groups in total. The summed E-state index contributed by atoms with van der Waals surface area (Å²) in [6.07, 6.45) is -7.84. The van der Waals surface area contributed by atoms with E-state index in [1.165, 1.54) is 13.2 Å². The minimum absolute atomic E-state index is 0.103. The number of ether oxygens (including phenoxy) is 2. The third-order valence-electron chi connectivity index (χ3n) is 4.59. The smallest absolute Gasteiger partial charge is 0.493 e. The predicted molar refractivity (Wildman–Crippen MR) is 109 cm³/mol. The van der Waals surface area contributed by atoms with Crippen molar-refractivity contribution in [3.63, 3.8) is 0 Å². The van der Waals surface area contributed by atoms with Crippen LogP contribution in [0.3, 0.4) is 0 Å². The van der Waals surface area contributed by atoms with Gasteiger partial charge in [-0.15, -0.1) is 0 Å². The molecule has 1 saturated heterocycles. The molecule has 0 spiro atoms. The highest BCUT2D eigenvalue weighted by atomic mass is 32.1. The Hall–Kier alpha value is -2.12. The maximum atomic E-state index is 15.9. The number of methoxy groups -OCH3 is 1. The number of alkyl halides is 1. The zero-order valence-electron chi connectivity index (χ0n) is 19.3. The minimum atomic E-state index is -4.91. The fourth-order valence-corrected chi connectivity index (χ4v) is 4.25. The molecule has 0 aromatic heterocycles. The number of rotatable bonds is 5. The summed E-state index contributed by atoms with van der Waals surface area (Å²) < 4.78 is 92.4. The summed E-state index contributed by atoms with van der Waals surface area (Å²) in [5, 5.41) is 23.1. The molecule has 4 rings (SSSR count). The standard InChI is InChI=1S/C18H19F2N2O8PS/c1-9-21-16(32)11(19)6-22(9)17-13(23)15(24)18(20,29-17)8-28-31(25)27-7-10-4-3-5-12(26-2)14(10)30-31/h3-6,13,15,17,23-24H,1,7-8H2,2H3,(H,21,32)/t13-,15+,17-,18-,31?/m1/s1/i8D2,17D. The number of para-hydroxylation sites is 1. The molecular formula is C18H19F2N2O8PS. The van der Waals surface area contributed by atoms with Gasteiger partial charge < -0.3 is 34.4 Å². The van der Waals surface area contributed by atoms with Crippen molar-refractivity contribution in [2.75, 3.05) is 13.7 Å². The molecule has 1 aromatic carbocycles. The SMILES string of the molecule is [2H]C([2H])(OP1(=O)OCc2cccc(OC)c2O1)[C@@]1(F)O[C@@]([2H])(N2C=C(F)C(=S)NC2=C)[C@H](O)[C@@H]1O. The van der Waals surface area contributed by atoms with Gasteiger partial charge in [-0.1, -0.05) is 30.9 Å². The van der Waals surface area contributed by atoms with Crippen molar-refractivity contribution in [1.82, 2.24) is 10.2 Å². The number of phosphoric acid groups is 1. The summed E-state index contributed by atoms with van der Waals surface area (Å²) in [7, 11) is -3.62. The third kappa shape index (κ3) is 4.01. The van der Waals surface area contributed by atoms with Crippen LogP contribution in [0.1, 0.15) is 9.68 Å². The lowest BCUT2D eigenvalue weighted by atomic mass is 10.1. The molecule has 0 aliphatic carbocycles. The Morgan fingerprint density at radius 2 is 2.31 bits per heavy atom. The molecule has 0 amide bonds. The van der Waals surface area contributed by atoms with E-state index < -0.39 is 56.1 Å². The van der Waals surface area contributed by atoms with E-state index in [1.807, 2.05) is 0 Å². The van der Waals surface area contributed by atoms with Gasteiger partial charge in [-0.2, -0.15) is 0 Å². The Morgan fingerprint density at radius 1 is 1.56 bits per heavy atom. The first-order valence-corrected chi connectivity index (χ1v) is 10.8. The van der Waals surface area contributed by atoms with Crippen LogP contribution in [0.25, 0.3) is 0 Å². The zero-order valence-corrected chi connectivity index (χ0v) is 18.0. The van der Waals surface area contributed by atoms with Crippen LogP contribution in [-0.2, 0) is 25.0 Å². The van der Waals surface area contributed by atoms with E-state index in [1.54, 1.807) is 12.1 Å². The van der Waals surface area contributed by atoms with Gasteiger partial charge in [0, 0.05) is 11.8 Å². The average molecular weight is 495 g/mol. The van der Waals surface area contributed by atoms with Crippen LogP contribution >= 0.6 is 20.0 Å². The van der Waals surface area contributed by atoms with E-state index >= 15 is 4.39 Å². The van der Waals surface area contributed by atoms with Gasteiger partial charge in [0.2, 0.25) is 0 Å². The summed E-state index contributed by atoms with van der Waals surface area (Å²) in [6, 6.07) is 4.58. The highest BCUT2D eigenvalue weighted by Gasteiger charge is 2.58. The number of aliphatic hydroxyl groups is 2. The first kappa shape index (κ1) is 19.4. The monoisotopic (exact) mass is 495 g/mol. The number of nitrogens with zero attached hydrogens (tertiary/aromatic N) is 1. The topological polar surface area (TPSA) is 119 Å².